The molecular formula is C18H17NO2. The highest BCUT2D eigenvalue weighted by molar-refractivity contribution is 5.73. The van der Waals surface area contributed by atoms with Crippen LogP contribution in [0.15, 0.2) is 65.2 Å². The Kier molecular flexibility index (Phi) is 3.35. The minimum Gasteiger partial charge on any atom is -0.386 e. The van der Waals surface area contributed by atoms with Crippen LogP contribution in [0.5, 0.6) is 0 Å². The number of nitrogens with zero attached hydrogens (tertiary/aromatic N) is 1. The highest BCUT2D eigenvalue weighted by Gasteiger charge is 2.30. The van der Waals surface area contributed by atoms with E-state index in [2.05, 4.69) is 5.16 Å². The van der Waals surface area contributed by atoms with Crippen LogP contribution in [-0.2, 0) is 5.60 Å². The van der Waals surface area contributed by atoms with Gasteiger partial charge in [0.2, 0.25) is 0 Å². The lowest BCUT2D eigenvalue weighted by Gasteiger charge is -2.18. The fourth-order valence-electron chi connectivity index (χ4n) is 2.44. The van der Waals surface area contributed by atoms with E-state index >= 15 is 0 Å². The molecule has 106 valence electrons. The van der Waals surface area contributed by atoms with Gasteiger partial charge in [-0.1, -0.05) is 65.8 Å². The van der Waals surface area contributed by atoms with Crippen molar-refractivity contribution in [2.24, 2.45) is 0 Å². The lowest BCUT2D eigenvalue weighted by Crippen LogP contribution is -2.17. The lowest BCUT2D eigenvalue weighted by molar-refractivity contribution is 0.0792. The van der Waals surface area contributed by atoms with Gasteiger partial charge in [0.25, 0.3) is 0 Å². The summed E-state index contributed by atoms with van der Waals surface area (Å²) in [6, 6.07) is 19.5. The summed E-state index contributed by atoms with van der Waals surface area (Å²) in [5.41, 5.74) is 2.18. The zero-order valence-corrected chi connectivity index (χ0v) is 12.1. The van der Waals surface area contributed by atoms with Crippen molar-refractivity contribution in [3.8, 4) is 22.6 Å². The molecule has 0 unspecified atom stereocenters. The van der Waals surface area contributed by atoms with Gasteiger partial charge in [-0.15, -0.1) is 0 Å². The molecule has 2 aromatic carbocycles. The molecule has 0 saturated carbocycles. The van der Waals surface area contributed by atoms with Crippen molar-refractivity contribution in [1.29, 1.82) is 0 Å². The first kappa shape index (κ1) is 13.6. The Labute approximate surface area is 123 Å². The Morgan fingerprint density at radius 1 is 0.857 bits per heavy atom. The molecule has 0 radical (unpaired) electrons. The van der Waals surface area contributed by atoms with Gasteiger partial charge in [-0.2, -0.15) is 0 Å². The predicted octanol–water partition coefficient (Wildman–Crippen LogP) is 4.24. The van der Waals surface area contributed by atoms with Crippen LogP contribution in [-0.4, -0.2) is 10.3 Å². The van der Waals surface area contributed by atoms with Gasteiger partial charge in [0.05, 0.1) is 11.2 Å². The first-order valence-corrected chi connectivity index (χ1v) is 6.91. The minimum atomic E-state index is -1.05. The first-order chi connectivity index (χ1) is 10.1. The highest BCUT2D eigenvalue weighted by Crippen LogP contribution is 2.38. The van der Waals surface area contributed by atoms with Crippen molar-refractivity contribution >= 4 is 0 Å². The van der Waals surface area contributed by atoms with Crippen molar-refractivity contribution in [2.75, 3.05) is 0 Å². The van der Waals surface area contributed by atoms with Gasteiger partial charge >= 0.3 is 0 Å². The molecule has 1 N–H and O–H groups in total. The van der Waals surface area contributed by atoms with Crippen LogP contribution in [0, 0.1) is 0 Å². The largest absolute Gasteiger partial charge is 0.386 e. The predicted molar refractivity (Wildman–Crippen MR) is 82.6 cm³/mol. The summed E-state index contributed by atoms with van der Waals surface area (Å²) >= 11 is 0. The van der Waals surface area contributed by atoms with Gasteiger partial charge in [-0.05, 0) is 13.8 Å². The molecule has 0 aliphatic carbocycles. The topological polar surface area (TPSA) is 46.3 Å². The van der Waals surface area contributed by atoms with Crippen LogP contribution < -0.4 is 0 Å². The number of hydrogen-bond acceptors (Lipinski definition) is 3. The molecule has 3 rings (SSSR count). The fourth-order valence-corrected chi connectivity index (χ4v) is 2.44. The summed E-state index contributed by atoms with van der Waals surface area (Å²) in [5, 5.41) is 14.8. The van der Waals surface area contributed by atoms with Gasteiger partial charge in [0, 0.05) is 11.1 Å². The summed E-state index contributed by atoms with van der Waals surface area (Å²) in [6.07, 6.45) is 0. The molecule has 0 atom stereocenters. The Morgan fingerprint density at radius 3 is 1.90 bits per heavy atom. The van der Waals surface area contributed by atoms with E-state index in [0.717, 1.165) is 11.1 Å². The molecule has 0 bridgehead atoms. The summed E-state index contributed by atoms with van der Waals surface area (Å²) in [6.45, 7) is 3.50. The Morgan fingerprint density at radius 2 is 1.38 bits per heavy atom. The van der Waals surface area contributed by atoms with Crippen LogP contribution in [0.3, 0.4) is 0 Å². The van der Waals surface area contributed by atoms with Crippen LogP contribution >= 0.6 is 0 Å². The van der Waals surface area contributed by atoms with E-state index < -0.39 is 5.60 Å². The Hall–Kier alpha value is -2.39. The molecule has 0 amide bonds. The second kappa shape index (κ2) is 5.19. The average molecular weight is 279 g/mol. The average Bonchev–Trinajstić information content (AvgIpc) is 2.94. The molecule has 0 aliphatic heterocycles. The summed E-state index contributed by atoms with van der Waals surface area (Å²) in [4.78, 5) is 0. The normalized spacial score (nSPS) is 11.6. The second-order valence-electron chi connectivity index (χ2n) is 5.53. The van der Waals surface area contributed by atoms with Gasteiger partial charge in [0.15, 0.2) is 5.76 Å². The van der Waals surface area contributed by atoms with E-state index in [1.165, 1.54) is 0 Å². The van der Waals surface area contributed by atoms with E-state index in [-0.39, 0.29) is 0 Å². The maximum absolute atomic E-state index is 10.6. The number of benzene rings is 2. The summed E-state index contributed by atoms with van der Waals surface area (Å²) in [5.74, 6) is 0.613. The zero-order chi connectivity index (χ0) is 14.9. The fraction of sp³-hybridized carbons (Fsp3) is 0.167. The molecule has 3 heteroatoms. The van der Waals surface area contributed by atoms with Gasteiger partial charge < -0.3 is 9.63 Å². The smallest absolute Gasteiger partial charge is 0.173 e. The SMILES string of the molecule is CC(C)(O)c1c(-c2ccccc2)noc1-c1ccccc1. The molecule has 3 nitrogen and oxygen atoms in total. The van der Waals surface area contributed by atoms with Gasteiger partial charge in [0.1, 0.15) is 5.69 Å². The van der Waals surface area contributed by atoms with Crippen LogP contribution in [0.2, 0.25) is 0 Å². The van der Waals surface area contributed by atoms with E-state index in [4.69, 9.17) is 4.52 Å². The molecular weight excluding hydrogens is 262 g/mol. The van der Waals surface area contributed by atoms with Gasteiger partial charge in [-0.25, -0.2) is 0 Å². The van der Waals surface area contributed by atoms with Crippen molar-refractivity contribution in [3.05, 3.63) is 66.2 Å². The van der Waals surface area contributed by atoms with E-state index in [9.17, 15) is 5.11 Å². The number of hydrogen-bond donors (Lipinski definition) is 1. The van der Waals surface area contributed by atoms with Crippen molar-refractivity contribution in [3.63, 3.8) is 0 Å². The second-order valence-corrected chi connectivity index (χ2v) is 5.53. The van der Waals surface area contributed by atoms with E-state index in [1.54, 1.807) is 13.8 Å². The molecule has 0 fully saturated rings. The van der Waals surface area contributed by atoms with E-state index in [0.29, 0.717) is 17.0 Å². The van der Waals surface area contributed by atoms with Crippen LogP contribution in [0.4, 0.5) is 0 Å². The molecule has 0 saturated heterocycles. The molecule has 1 aromatic heterocycles. The maximum Gasteiger partial charge on any atom is 0.173 e. The highest BCUT2D eigenvalue weighted by atomic mass is 16.5. The Balaban J connectivity index is 2.23. The minimum absolute atomic E-state index is 0.613. The maximum atomic E-state index is 10.6. The molecule has 0 spiro atoms. The van der Waals surface area contributed by atoms with Gasteiger partial charge in [-0.3, -0.25) is 0 Å². The number of aliphatic hydroxyl groups is 1. The zero-order valence-electron chi connectivity index (χ0n) is 12.1. The molecule has 1 heterocycles. The third kappa shape index (κ3) is 2.60. The van der Waals surface area contributed by atoms with Crippen LogP contribution in [0.25, 0.3) is 22.6 Å². The third-order valence-corrected chi connectivity index (χ3v) is 3.39. The summed E-state index contributed by atoms with van der Waals surface area (Å²) < 4.78 is 5.55. The molecule has 3 aromatic rings. The first-order valence-electron chi connectivity index (χ1n) is 6.91. The lowest BCUT2D eigenvalue weighted by atomic mass is 9.91. The van der Waals surface area contributed by atoms with Crippen LogP contribution in [0.1, 0.15) is 19.4 Å². The van der Waals surface area contributed by atoms with Crippen molar-refractivity contribution in [2.45, 2.75) is 19.4 Å². The standard InChI is InChI=1S/C18H17NO2/c1-18(2,20)15-16(13-9-5-3-6-10-13)19-21-17(15)14-11-7-4-8-12-14/h3-12,20H,1-2H3. The monoisotopic (exact) mass is 279 g/mol. The van der Waals surface area contributed by atoms with E-state index in [1.807, 2.05) is 60.7 Å². The summed E-state index contributed by atoms with van der Waals surface area (Å²) in [7, 11) is 0. The van der Waals surface area contributed by atoms with Crippen molar-refractivity contribution < 1.29 is 9.63 Å². The number of rotatable bonds is 3. The Bertz CT molecular complexity index is 668. The molecule has 0 aliphatic rings. The van der Waals surface area contributed by atoms with Crippen molar-refractivity contribution in [1.82, 2.24) is 5.16 Å². The third-order valence-electron chi connectivity index (χ3n) is 3.39. The molecule has 21 heavy (non-hydrogen) atoms. The number of aromatic nitrogens is 1. The quantitative estimate of drug-likeness (QED) is 0.780.